The summed E-state index contributed by atoms with van der Waals surface area (Å²) in [5, 5.41) is 21.7. The van der Waals surface area contributed by atoms with Gasteiger partial charge in [0.2, 0.25) is 0 Å². The van der Waals surface area contributed by atoms with Crippen molar-refractivity contribution in [1.82, 2.24) is 20.1 Å². The molecule has 0 bridgehead atoms. The maximum atomic E-state index is 9.67. The van der Waals surface area contributed by atoms with E-state index in [1.54, 1.807) is 0 Å². The average molecular weight is 264 g/mol. The Kier molecular flexibility index (Phi) is 4.13. The van der Waals surface area contributed by atoms with E-state index >= 15 is 0 Å². The number of nitrogens with zero attached hydrogens (tertiary/aromatic N) is 3. The van der Waals surface area contributed by atoms with Crippen molar-refractivity contribution in [2.75, 3.05) is 6.54 Å². The van der Waals surface area contributed by atoms with E-state index in [-0.39, 0.29) is 6.10 Å². The summed E-state index contributed by atoms with van der Waals surface area (Å²) >= 11 is 0. The number of aromatic nitrogens is 3. The number of hydrogen-bond donors (Lipinski definition) is 2. The topological polar surface area (TPSA) is 63.0 Å². The zero-order valence-electron chi connectivity index (χ0n) is 11.5. The van der Waals surface area contributed by atoms with Gasteiger partial charge in [0.1, 0.15) is 11.6 Å². The van der Waals surface area contributed by atoms with Crippen LogP contribution >= 0.6 is 0 Å². The maximum absolute atomic E-state index is 9.67. The summed E-state index contributed by atoms with van der Waals surface area (Å²) in [6.07, 6.45) is 7.80. The molecule has 2 N–H and O–H groups in total. The Morgan fingerprint density at radius 2 is 2.16 bits per heavy atom. The molecule has 1 aromatic heterocycles. The fourth-order valence-corrected chi connectivity index (χ4v) is 3.34. The minimum Gasteiger partial charge on any atom is -0.393 e. The van der Waals surface area contributed by atoms with Crippen molar-refractivity contribution in [2.45, 2.75) is 64.1 Å². The first-order chi connectivity index (χ1) is 9.33. The number of nitrogens with one attached hydrogen (secondary N) is 1. The second-order valence-corrected chi connectivity index (χ2v) is 5.96. The van der Waals surface area contributed by atoms with Gasteiger partial charge in [0, 0.05) is 13.0 Å². The predicted molar refractivity (Wildman–Crippen MR) is 72.6 cm³/mol. The van der Waals surface area contributed by atoms with Gasteiger partial charge in [0.15, 0.2) is 0 Å². The molecule has 0 saturated heterocycles. The van der Waals surface area contributed by atoms with Crippen LogP contribution in [0, 0.1) is 5.92 Å². The van der Waals surface area contributed by atoms with Gasteiger partial charge in [0.25, 0.3) is 0 Å². The maximum Gasteiger partial charge on any atom is 0.147 e. The molecule has 19 heavy (non-hydrogen) atoms. The molecule has 1 aromatic rings. The van der Waals surface area contributed by atoms with E-state index in [1.165, 1.54) is 19.3 Å². The summed E-state index contributed by atoms with van der Waals surface area (Å²) in [6, 6.07) is 0. The summed E-state index contributed by atoms with van der Waals surface area (Å²) in [6.45, 7) is 2.86. The van der Waals surface area contributed by atoms with Crippen LogP contribution in [0.5, 0.6) is 0 Å². The van der Waals surface area contributed by atoms with E-state index < -0.39 is 0 Å². The van der Waals surface area contributed by atoms with E-state index in [1.807, 2.05) is 0 Å². The van der Waals surface area contributed by atoms with Crippen molar-refractivity contribution in [2.24, 2.45) is 5.92 Å². The lowest BCUT2D eigenvalue weighted by molar-refractivity contribution is 0.100. The Balaban J connectivity index is 1.48. The average Bonchev–Trinajstić information content (AvgIpc) is 2.83. The number of hydrogen-bond acceptors (Lipinski definition) is 4. The number of aliphatic hydroxyl groups excluding tert-OH is 1. The molecule has 2 atom stereocenters. The zero-order chi connectivity index (χ0) is 13.1. The monoisotopic (exact) mass is 264 g/mol. The molecule has 5 heteroatoms. The first kappa shape index (κ1) is 13.1. The van der Waals surface area contributed by atoms with E-state index in [0.29, 0.717) is 5.92 Å². The standard InChI is InChI=1S/C14H24N4O/c19-12-5-3-4-11(8-12)9-15-10-14-17-16-13-6-1-2-7-18(13)14/h11-12,15,19H,1-10H2. The second-order valence-electron chi connectivity index (χ2n) is 5.96. The fourth-order valence-electron chi connectivity index (χ4n) is 3.34. The van der Waals surface area contributed by atoms with Crippen molar-refractivity contribution in [3.8, 4) is 0 Å². The van der Waals surface area contributed by atoms with Gasteiger partial charge < -0.3 is 15.0 Å². The lowest BCUT2D eigenvalue weighted by Crippen LogP contribution is -2.29. The fraction of sp³-hybridized carbons (Fsp3) is 0.857. The molecule has 2 heterocycles. The third-order valence-corrected chi connectivity index (χ3v) is 4.41. The van der Waals surface area contributed by atoms with Crippen LogP contribution in [0.15, 0.2) is 0 Å². The normalized spacial score (nSPS) is 27.2. The van der Waals surface area contributed by atoms with Crippen molar-refractivity contribution in [1.29, 1.82) is 0 Å². The van der Waals surface area contributed by atoms with Crippen LogP contribution in [0.1, 0.15) is 50.2 Å². The highest BCUT2D eigenvalue weighted by Gasteiger charge is 2.20. The van der Waals surface area contributed by atoms with Crippen molar-refractivity contribution >= 4 is 0 Å². The quantitative estimate of drug-likeness (QED) is 0.859. The first-order valence-corrected chi connectivity index (χ1v) is 7.62. The number of aliphatic hydroxyl groups is 1. The highest BCUT2D eigenvalue weighted by atomic mass is 16.3. The van der Waals surface area contributed by atoms with Gasteiger partial charge in [-0.05, 0) is 44.6 Å². The summed E-state index contributed by atoms with van der Waals surface area (Å²) in [5.74, 6) is 2.84. The summed E-state index contributed by atoms with van der Waals surface area (Å²) in [4.78, 5) is 0. The minimum absolute atomic E-state index is 0.0820. The Morgan fingerprint density at radius 3 is 3.05 bits per heavy atom. The molecular formula is C14H24N4O. The van der Waals surface area contributed by atoms with Crippen LogP contribution in [0.3, 0.4) is 0 Å². The highest BCUT2D eigenvalue weighted by molar-refractivity contribution is 4.98. The third kappa shape index (κ3) is 3.15. The van der Waals surface area contributed by atoms with Crippen LogP contribution < -0.4 is 5.32 Å². The molecule has 5 nitrogen and oxygen atoms in total. The molecule has 1 saturated carbocycles. The Hall–Kier alpha value is -0.940. The molecule has 1 fully saturated rings. The van der Waals surface area contributed by atoms with E-state index in [4.69, 9.17) is 0 Å². The molecule has 2 unspecified atom stereocenters. The minimum atomic E-state index is -0.0820. The van der Waals surface area contributed by atoms with Gasteiger partial charge in [0.05, 0.1) is 12.6 Å². The summed E-state index contributed by atoms with van der Waals surface area (Å²) in [7, 11) is 0. The molecule has 106 valence electrons. The van der Waals surface area contributed by atoms with Crippen molar-refractivity contribution < 1.29 is 5.11 Å². The Labute approximate surface area is 114 Å². The van der Waals surface area contributed by atoms with Crippen LogP contribution in [0.4, 0.5) is 0 Å². The van der Waals surface area contributed by atoms with Gasteiger partial charge in [-0.25, -0.2) is 0 Å². The highest BCUT2D eigenvalue weighted by Crippen LogP contribution is 2.23. The smallest absolute Gasteiger partial charge is 0.147 e. The van der Waals surface area contributed by atoms with Gasteiger partial charge in [-0.15, -0.1) is 10.2 Å². The molecule has 1 aliphatic heterocycles. The van der Waals surface area contributed by atoms with Gasteiger partial charge in [-0.2, -0.15) is 0 Å². The van der Waals surface area contributed by atoms with Gasteiger partial charge >= 0.3 is 0 Å². The molecule has 0 spiro atoms. The van der Waals surface area contributed by atoms with Crippen molar-refractivity contribution in [3.05, 3.63) is 11.6 Å². The van der Waals surface area contributed by atoms with Crippen LogP contribution in [-0.2, 0) is 19.5 Å². The van der Waals surface area contributed by atoms with E-state index in [2.05, 4.69) is 20.1 Å². The van der Waals surface area contributed by atoms with Gasteiger partial charge in [-0.3, -0.25) is 0 Å². The molecule has 1 aliphatic carbocycles. The van der Waals surface area contributed by atoms with Gasteiger partial charge in [-0.1, -0.05) is 6.42 Å². The molecule has 0 amide bonds. The van der Waals surface area contributed by atoms with Crippen LogP contribution in [-0.4, -0.2) is 32.5 Å². The zero-order valence-corrected chi connectivity index (χ0v) is 11.5. The molecular weight excluding hydrogens is 240 g/mol. The SMILES string of the molecule is OC1CCCC(CNCc2nnc3n2CCCC3)C1. The lowest BCUT2D eigenvalue weighted by Gasteiger charge is -2.26. The molecule has 0 aromatic carbocycles. The number of aryl methyl sites for hydroxylation is 1. The Morgan fingerprint density at radius 1 is 1.21 bits per heavy atom. The first-order valence-electron chi connectivity index (χ1n) is 7.62. The molecule has 3 rings (SSSR count). The summed E-state index contributed by atoms with van der Waals surface area (Å²) < 4.78 is 2.27. The molecule has 0 radical (unpaired) electrons. The Bertz CT molecular complexity index is 418. The molecule has 2 aliphatic rings. The lowest BCUT2D eigenvalue weighted by atomic mass is 9.87. The second kappa shape index (κ2) is 6.01. The summed E-state index contributed by atoms with van der Waals surface area (Å²) in [5.41, 5.74) is 0. The van der Waals surface area contributed by atoms with Crippen LogP contribution in [0.25, 0.3) is 0 Å². The van der Waals surface area contributed by atoms with Crippen molar-refractivity contribution in [3.63, 3.8) is 0 Å². The van der Waals surface area contributed by atoms with E-state index in [0.717, 1.165) is 57.0 Å². The number of fused-ring (bicyclic) bond motifs is 1. The largest absolute Gasteiger partial charge is 0.393 e. The number of rotatable bonds is 4. The predicted octanol–water partition coefficient (Wildman–Crippen LogP) is 1.26. The van der Waals surface area contributed by atoms with Crippen LogP contribution in [0.2, 0.25) is 0 Å². The third-order valence-electron chi connectivity index (χ3n) is 4.41. The van der Waals surface area contributed by atoms with E-state index in [9.17, 15) is 5.11 Å².